The normalized spacial score (nSPS) is 17.2. The Morgan fingerprint density at radius 1 is 1.19 bits per heavy atom. The number of hydrogen-bond acceptors (Lipinski definition) is 1. The van der Waals surface area contributed by atoms with Gasteiger partial charge in [0.1, 0.15) is 0 Å². The van der Waals surface area contributed by atoms with Gasteiger partial charge in [0.25, 0.3) is 0 Å². The summed E-state index contributed by atoms with van der Waals surface area (Å²) >= 11 is 0. The van der Waals surface area contributed by atoms with Gasteiger partial charge in [-0.25, -0.2) is 0 Å². The van der Waals surface area contributed by atoms with E-state index >= 15 is 0 Å². The van der Waals surface area contributed by atoms with E-state index in [1.165, 1.54) is 13.0 Å². The molecule has 86 valence electrons. The Kier molecular flexibility index (Phi) is 3.27. The van der Waals surface area contributed by atoms with E-state index in [0.29, 0.717) is 5.56 Å². The monoisotopic (exact) mass is 227 g/mol. The van der Waals surface area contributed by atoms with Crippen LogP contribution in [0.1, 0.15) is 25.3 Å². The van der Waals surface area contributed by atoms with E-state index in [2.05, 4.69) is 0 Å². The minimum Gasteiger partial charge on any atom is -0.197 e. The first-order chi connectivity index (χ1) is 7.33. The summed E-state index contributed by atoms with van der Waals surface area (Å²) in [6.07, 6.45) is -4.53. The molecule has 0 saturated carbocycles. The molecule has 0 spiro atoms. The molecule has 0 aliphatic heterocycles. The van der Waals surface area contributed by atoms with Gasteiger partial charge < -0.3 is 0 Å². The molecule has 0 radical (unpaired) electrons. The molecule has 0 fully saturated rings. The Hall–Kier alpha value is -1.50. The Balaban J connectivity index is 3.14. The van der Waals surface area contributed by atoms with Crippen molar-refractivity contribution in [3.8, 4) is 6.07 Å². The van der Waals surface area contributed by atoms with Crippen molar-refractivity contribution < 1.29 is 13.2 Å². The molecule has 0 bridgehead atoms. The van der Waals surface area contributed by atoms with Gasteiger partial charge in [0.05, 0.1) is 6.07 Å². The number of nitriles is 1. The number of alkyl halides is 3. The lowest BCUT2D eigenvalue weighted by Crippen LogP contribution is -2.38. The fourth-order valence-corrected chi connectivity index (χ4v) is 1.48. The van der Waals surface area contributed by atoms with Gasteiger partial charge in [-0.3, -0.25) is 0 Å². The molecule has 1 rings (SSSR count). The van der Waals surface area contributed by atoms with Crippen molar-refractivity contribution in [1.82, 2.24) is 0 Å². The number of benzene rings is 1. The van der Waals surface area contributed by atoms with Gasteiger partial charge in [0.2, 0.25) is 0 Å². The van der Waals surface area contributed by atoms with Crippen molar-refractivity contribution >= 4 is 0 Å². The summed E-state index contributed by atoms with van der Waals surface area (Å²) in [5.74, 6) is -0.890. The van der Waals surface area contributed by atoms with Gasteiger partial charge in [0.15, 0.2) is 5.41 Å². The van der Waals surface area contributed by atoms with Crippen LogP contribution >= 0.6 is 0 Å². The topological polar surface area (TPSA) is 23.8 Å². The van der Waals surface area contributed by atoms with Crippen LogP contribution in [0.25, 0.3) is 0 Å². The third-order valence-electron chi connectivity index (χ3n) is 2.99. The molecule has 0 N–H and O–H groups in total. The molecular weight excluding hydrogens is 215 g/mol. The van der Waals surface area contributed by atoms with E-state index in [-0.39, 0.29) is 0 Å². The van der Waals surface area contributed by atoms with Crippen LogP contribution in [0.2, 0.25) is 0 Å². The summed E-state index contributed by atoms with van der Waals surface area (Å²) in [5.41, 5.74) is -1.84. The Morgan fingerprint density at radius 3 is 2.06 bits per heavy atom. The van der Waals surface area contributed by atoms with Crippen molar-refractivity contribution in [2.24, 2.45) is 5.41 Å². The molecule has 2 atom stereocenters. The summed E-state index contributed by atoms with van der Waals surface area (Å²) in [4.78, 5) is 0. The maximum absolute atomic E-state index is 12.8. The molecule has 1 nitrogen and oxygen atoms in total. The van der Waals surface area contributed by atoms with Crippen LogP contribution in [-0.4, -0.2) is 6.18 Å². The van der Waals surface area contributed by atoms with Crippen LogP contribution in [0.15, 0.2) is 30.3 Å². The van der Waals surface area contributed by atoms with E-state index in [9.17, 15) is 13.2 Å². The molecule has 0 heterocycles. The summed E-state index contributed by atoms with van der Waals surface area (Å²) in [6, 6.07) is 9.66. The smallest absolute Gasteiger partial charge is 0.197 e. The van der Waals surface area contributed by atoms with Crippen molar-refractivity contribution in [1.29, 1.82) is 5.26 Å². The molecular formula is C12H12F3N. The van der Waals surface area contributed by atoms with Crippen molar-refractivity contribution in [3.63, 3.8) is 0 Å². The summed E-state index contributed by atoms with van der Waals surface area (Å²) in [6.45, 7) is 2.36. The molecule has 0 aliphatic carbocycles. The lowest BCUT2D eigenvalue weighted by atomic mass is 9.75. The molecule has 2 unspecified atom stereocenters. The summed E-state index contributed by atoms with van der Waals surface area (Å²) < 4.78 is 38.5. The van der Waals surface area contributed by atoms with E-state index in [1.807, 2.05) is 0 Å². The quantitative estimate of drug-likeness (QED) is 0.752. The fourth-order valence-electron chi connectivity index (χ4n) is 1.48. The zero-order valence-corrected chi connectivity index (χ0v) is 9.05. The number of hydrogen-bond donors (Lipinski definition) is 0. The fraction of sp³-hybridized carbons (Fsp3) is 0.417. The molecule has 0 saturated heterocycles. The largest absolute Gasteiger partial charge is 0.407 e. The minimum absolute atomic E-state index is 0.517. The SMILES string of the molecule is CC(c1ccccc1)C(C)(C#N)C(F)(F)F. The number of rotatable bonds is 2. The lowest BCUT2D eigenvalue weighted by Gasteiger charge is -2.31. The molecule has 1 aromatic carbocycles. The van der Waals surface area contributed by atoms with Crippen LogP contribution in [0.4, 0.5) is 13.2 Å². The van der Waals surface area contributed by atoms with Gasteiger partial charge in [-0.15, -0.1) is 0 Å². The van der Waals surface area contributed by atoms with Gasteiger partial charge >= 0.3 is 6.18 Å². The predicted octanol–water partition coefficient (Wildman–Crippen LogP) is 3.88. The second kappa shape index (κ2) is 4.17. The molecule has 1 aromatic rings. The molecule has 4 heteroatoms. The maximum atomic E-state index is 12.8. The van der Waals surface area contributed by atoms with Gasteiger partial charge in [-0.05, 0) is 12.5 Å². The Labute approximate surface area is 92.5 Å². The van der Waals surface area contributed by atoms with Crippen LogP contribution in [-0.2, 0) is 0 Å². The van der Waals surface area contributed by atoms with Crippen molar-refractivity contribution in [2.75, 3.05) is 0 Å². The zero-order chi connectivity index (χ0) is 12.4. The second-order valence-electron chi connectivity index (χ2n) is 3.94. The summed E-state index contributed by atoms with van der Waals surface area (Å²) in [5, 5.41) is 8.78. The molecule has 0 amide bonds. The van der Waals surface area contributed by atoms with Gasteiger partial charge in [-0.2, -0.15) is 18.4 Å². The van der Waals surface area contributed by atoms with E-state index in [0.717, 1.165) is 6.92 Å². The van der Waals surface area contributed by atoms with Crippen molar-refractivity contribution in [2.45, 2.75) is 25.9 Å². The highest BCUT2D eigenvalue weighted by molar-refractivity contribution is 5.25. The average Bonchev–Trinajstić information content (AvgIpc) is 2.26. The molecule has 0 aliphatic rings. The third kappa shape index (κ3) is 2.04. The lowest BCUT2D eigenvalue weighted by molar-refractivity contribution is -0.203. The van der Waals surface area contributed by atoms with E-state index in [1.54, 1.807) is 30.3 Å². The first kappa shape index (κ1) is 12.6. The predicted molar refractivity (Wildman–Crippen MR) is 54.6 cm³/mol. The third-order valence-corrected chi connectivity index (χ3v) is 2.99. The Bertz CT molecular complexity index is 391. The average molecular weight is 227 g/mol. The van der Waals surface area contributed by atoms with Gasteiger partial charge in [0, 0.05) is 5.92 Å². The highest BCUT2D eigenvalue weighted by Gasteiger charge is 2.55. The van der Waals surface area contributed by atoms with Crippen LogP contribution in [0.3, 0.4) is 0 Å². The maximum Gasteiger partial charge on any atom is 0.407 e. The molecule has 0 aromatic heterocycles. The number of nitrogens with zero attached hydrogens (tertiary/aromatic N) is 1. The number of halogens is 3. The van der Waals surface area contributed by atoms with E-state index < -0.39 is 17.5 Å². The van der Waals surface area contributed by atoms with Crippen LogP contribution in [0, 0.1) is 16.7 Å². The standard InChI is InChI=1S/C12H12F3N/c1-9(10-6-4-3-5-7-10)11(2,8-16)12(13,14)15/h3-7,9H,1-2H3. The summed E-state index contributed by atoms with van der Waals surface area (Å²) in [7, 11) is 0. The highest BCUT2D eigenvalue weighted by atomic mass is 19.4. The zero-order valence-electron chi connectivity index (χ0n) is 9.05. The highest BCUT2D eigenvalue weighted by Crippen LogP contribution is 2.47. The molecule has 16 heavy (non-hydrogen) atoms. The van der Waals surface area contributed by atoms with Crippen molar-refractivity contribution in [3.05, 3.63) is 35.9 Å². The minimum atomic E-state index is -4.53. The van der Waals surface area contributed by atoms with Gasteiger partial charge in [-0.1, -0.05) is 37.3 Å². The van der Waals surface area contributed by atoms with Crippen LogP contribution < -0.4 is 0 Å². The first-order valence-corrected chi connectivity index (χ1v) is 4.86. The first-order valence-electron chi connectivity index (χ1n) is 4.86. The second-order valence-corrected chi connectivity index (χ2v) is 3.94. The Morgan fingerprint density at radius 2 is 1.69 bits per heavy atom. The van der Waals surface area contributed by atoms with E-state index in [4.69, 9.17) is 5.26 Å². The van der Waals surface area contributed by atoms with Crippen LogP contribution in [0.5, 0.6) is 0 Å².